The molecule has 0 unspecified atom stereocenters. The number of rotatable bonds is 3. The molecule has 0 bridgehead atoms. The summed E-state index contributed by atoms with van der Waals surface area (Å²) in [5.41, 5.74) is 2.30. The van der Waals surface area contributed by atoms with Gasteiger partial charge in [0.1, 0.15) is 0 Å². The number of nitrogens with one attached hydrogen (secondary N) is 1. The van der Waals surface area contributed by atoms with Gasteiger partial charge < -0.3 is 9.88 Å². The first-order valence-electron chi connectivity index (χ1n) is 7.85. The Morgan fingerprint density at radius 3 is 2.90 bits per heavy atom. The van der Waals surface area contributed by atoms with E-state index in [2.05, 4.69) is 19.8 Å². The van der Waals surface area contributed by atoms with Gasteiger partial charge in [0.25, 0.3) is 0 Å². The summed E-state index contributed by atoms with van der Waals surface area (Å²) in [6.45, 7) is 3.82. The van der Waals surface area contributed by atoms with Crippen LogP contribution in [0.2, 0.25) is 0 Å². The Morgan fingerprint density at radius 1 is 1.35 bits per heavy atom. The third kappa shape index (κ3) is 2.24. The minimum atomic E-state index is 0.0181. The fourth-order valence-corrected chi connectivity index (χ4v) is 3.50. The number of aromatic nitrogens is 2. The zero-order chi connectivity index (χ0) is 13.5. The number of likely N-dealkylation sites (tertiary alicyclic amines) is 1. The average molecular weight is 274 g/mol. The highest BCUT2D eigenvalue weighted by Gasteiger charge is 2.38. The van der Waals surface area contributed by atoms with E-state index < -0.39 is 0 Å². The summed E-state index contributed by atoms with van der Waals surface area (Å²) in [7, 11) is 0. The number of fused-ring (bicyclic) bond motifs is 1. The van der Waals surface area contributed by atoms with E-state index >= 15 is 0 Å². The molecule has 3 heterocycles. The number of carbonyl (C=O) groups is 1. The molecule has 1 saturated heterocycles. The van der Waals surface area contributed by atoms with E-state index in [1.54, 1.807) is 6.33 Å². The predicted octanol–water partition coefficient (Wildman–Crippen LogP) is 1.17. The van der Waals surface area contributed by atoms with Crippen LogP contribution >= 0.6 is 0 Å². The number of H-pyrrole nitrogens is 1. The quantitative estimate of drug-likeness (QED) is 0.900. The number of amides is 1. The van der Waals surface area contributed by atoms with Crippen LogP contribution in [0.1, 0.15) is 37.1 Å². The highest BCUT2D eigenvalue weighted by molar-refractivity contribution is 5.82. The molecule has 4 rings (SSSR count). The Balaban J connectivity index is 1.55. The van der Waals surface area contributed by atoms with Gasteiger partial charge in [-0.3, -0.25) is 9.69 Å². The van der Waals surface area contributed by atoms with E-state index in [4.69, 9.17) is 0 Å². The third-order valence-corrected chi connectivity index (χ3v) is 4.89. The normalized spacial score (nSPS) is 26.8. The van der Waals surface area contributed by atoms with Gasteiger partial charge in [0, 0.05) is 32.6 Å². The lowest BCUT2D eigenvalue weighted by Gasteiger charge is -2.36. The number of aromatic amines is 1. The maximum Gasteiger partial charge on any atom is 0.240 e. The zero-order valence-electron chi connectivity index (χ0n) is 11.8. The van der Waals surface area contributed by atoms with Crippen molar-refractivity contribution < 1.29 is 4.79 Å². The number of hydrogen-bond acceptors (Lipinski definition) is 3. The van der Waals surface area contributed by atoms with Gasteiger partial charge in [0.15, 0.2) is 0 Å². The molecule has 2 aliphatic heterocycles. The fraction of sp³-hybridized carbons (Fsp3) is 0.733. The minimum absolute atomic E-state index is 0.0181. The Kier molecular flexibility index (Phi) is 3.02. The minimum Gasteiger partial charge on any atom is -0.347 e. The van der Waals surface area contributed by atoms with E-state index in [1.165, 1.54) is 18.5 Å². The second-order valence-electron chi connectivity index (χ2n) is 6.45. The van der Waals surface area contributed by atoms with Crippen LogP contribution < -0.4 is 0 Å². The van der Waals surface area contributed by atoms with Gasteiger partial charge in [-0.1, -0.05) is 0 Å². The molecule has 0 radical (unpaired) electrons. The van der Waals surface area contributed by atoms with Crippen molar-refractivity contribution in [2.24, 2.45) is 5.92 Å². The van der Waals surface area contributed by atoms with Crippen LogP contribution in [-0.4, -0.2) is 51.4 Å². The van der Waals surface area contributed by atoms with E-state index in [-0.39, 0.29) is 6.04 Å². The molecule has 1 atom stereocenters. The Morgan fingerprint density at radius 2 is 2.15 bits per heavy atom. The summed E-state index contributed by atoms with van der Waals surface area (Å²) in [6.07, 6.45) is 7.53. The molecule has 1 amide bonds. The van der Waals surface area contributed by atoms with E-state index in [0.717, 1.165) is 57.1 Å². The molecule has 20 heavy (non-hydrogen) atoms. The van der Waals surface area contributed by atoms with Gasteiger partial charge in [0.2, 0.25) is 5.91 Å². The van der Waals surface area contributed by atoms with Crippen molar-refractivity contribution in [1.29, 1.82) is 0 Å². The monoisotopic (exact) mass is 274 g/mol. The lowest BCUT2D eigenvalue weighted by Crippen LogP contribution is -2.51. The molecule has 5 nitrogen and oxygen atoms in total. The molecule has 2 fully saturated rings. The maximum absolute atomic E-state index is 12.8. The SMILES string of the molecule is O=C([C@@H]1Cc2nc[nH]c2CN1CC1CC1)N1CCCC1. The number of nitrogens with zero attached hydrogens (tertiary/aromatic N) is 3. The van der Waals surface area contributed by atoms with Gasteiger partial charge in [-0.2, -0.15) is 0 Å². The largest absolute Gasteiger partial charge is 0.347 e. The lowest BCUT2D eigenvalue weighted by atomic mass is 10.0. The topological polar surface area (TPSA) is 52.2 Å². The summed E-state index contributed by atoms with van der Waals surface area (Å²) in [4.78, 5) is 24.9. The van der Waals surface area contributed by atoms with Gasteiger partial charge in [0.05, 0.1) is 23.8 Å². The fourth-order valence-electron chi connectivity index (χ4n) is 3.50. The van der Waals surface area contributed by atoms with E-state index in [0.29, 0.717) is 5.91 Å². The highest BCUT2D eigenvalue weighted by Crippen LogP contribution is 2.33. The molecule has 1 N–H and O–H groups in total. The molecule has 0 spiro atoms. The molecule has 0 aromatic carbocycles. The van der Waals surface area contributed by atoms with Gasteiger partial charge in [-0.15, -0.1) is 0 Å². The Labute approximate surface area is 119 Å². The van der Waals surface area contributed by atoms with Crippen molar-refractivity contribution in [2.45, 2.75) is 44.7 Å². The molecule has 1 saturated carbocycles. The van der Waals surface area contributed by atoms with Crippen LogP contribution in [0.4, 0.5) is 0 Å². The van der Waals surface area contributed by atoms with E-state index in [9.17, 15) is 4.79 Å². The number of hydrogen-bond donors (Lipinski definition) is 1. The first-order valence-corrected chi connectivity index (χ1v) is 7.85. The van der Waals surface area contributed by atoms with Crippen molar-refractivity contribution in [1.82, 2.24) is 19.8 Å². The van der Waals surface area contributed by atoms with Gasteiger partial charge >= 0.3 is 0 Å². The zero-order valence-corrected chi connectivity index (χ0v) is 11.8. The maximum atomic E-state index is 12.8. The average Bonchev–Trinajstić information content (AvgIpc) is 2.96. The summed E-state index contributed by atoms with van der Waals surface area (Å²) in [5.74, 6) is 1.14. The molecule has 1 aromatic rings. The summed E-state index contributed by atoms with van der Waals surface area (Å²) in [5, 5.41) is 0. The first kappa shape index (κ1) is 12.4. The van der Waals surface area contributed by atoms with Crippen LogP contribution in [0.25, 0.3) is 0 Å². The van der Waals surface area contributed by atoms with Crippen LogP contribution in [-0.2, 0) is 17.8 Å². The molecule has 1 aromatic heterocycles. The summed E-state index contributed by atoms with van der Waals surface area (Å²) in [6, 6.07) is 0.0181. The van der Waals surface area contributed by atoms with Crippen molar-refractivity contribution in [3.05, 3.63) is 17.7 Å². The second kappa shape index (κ2) is 4.88. The van der Waals surface area contributed by atoms with Gasteiger partial charge in [-0.05, 0) is 31.6 Å². The Hall–Kier alpha value is -1.36. The van der Waals surface area contributed by atoms with Crippen molar-refractivity contribution in [3.8, 4) is 0 Å². The van der Waals surface area contributed by atoms with Crippen molar-refractivity contribution in [2.75, 3.05) is 19.6 Å². The predicted molar refractivity (Wildman–Crippen MR) is 75.0 cm³/mol. The third-order valence-electron chi connectivity index (χ3n) is 4.89. The second-order valence-corrected chi connectivity index (χ2v) is 6.45. The summed E-state index contributed by atoms with van der Waals surface area (Å²) >= 11 is 0. The van der Waals surface area contributed by atoms with E-state index in [1.807, 2.05) is 0 Å². The molecule has 108 valence electrons. The first-order chi connectivity index (χ1) is 9.81. The van der Waals surface area contributed by atoms with Crippen LogP contribution in [0.15, 0.2) is 6.33 Å². The van der Waals surface area contributed by atoms with Crippen molar-refractivity contribution >= 4 is 5.91 Å². The molecule has 1 aliphatic carbocycles. The van der Waals surface area contributed by atoms with Crippen LogP contribution in [0.5, 0.6) is 0 Å². The van der Waals surface area contributed by atoms with Crippen molar-refractivity contribution in [3.63, 3.8) is 0 Å². The van der Waals surface area contributed by atoms with Crippen LogP contribution in [0, 0.1) is 5.92 Å². The Bertz CT molecular complexity index is 502. The molecular formula is C15H22N4O. The molecule has 3 aliphatic rings. The molecule has 5 heteroatoms. The lowest BCUT2D eigenvalue weighted by molar-refractivity contribution is -0.136. The molecular weight excluding hydrogens is 252 g/mol. The van der Waals surface area contributed by atoms with Gasteiger partial charge in [-0.25, -0.2) is 4.98 Å². The number of carbonyl (C=O) groups excluding carboxylic acids is 1. The smallest absolute Gasteiger partial charge is 0.240 e. The summed E-state index contributed by atoms with van der Waals surface area (Å²) < 4.78 is 0. The standard InChI is InChI=1S/C15H22N4O/c20-15(18-5-1-2-6-18)14-7-12-13(17-10-16-12)9-19(14)8-11-3-4-11/h10-11,14H,1-9H2,(H,16,17)/t14-/m0/s1. The number of imidazole rings is 1. The van der Waals surface area contributed by atoms with Crippen LogP contribution in [0.3, 0.4) is 0 Å². The highest BCUT2D eigenvalue weighted by atomic mass is 16.2.